The zero-order valence-electron chi connectivity index (χ0n) is 12.6. The summed E-state index contributed by atoms with van der Waals surface area (Å²) in [6.45, 7) is 7.57. The highest BCUT2D eigenvalue weighted by Gasteiger charge is 2.19. The van der Waals surface area contributed by atoms with E-state index in [9.17, 15) is 4.79 Å². The normalized spacial score (nSPS) is 15.3. The molecule has 1 aliphatic heterocycles. The Morgan fingerprint density at radius 1 is 1.38 bits per heavy atom. The lowest BCUT2D eigenvalue weighted by Crippen LogP contribution is -2.40. The Bertz CT molecular complexity index is 484. The van der Waals surface area contributed by atoms with E-state index in [0.29, 0.717) is 44.4 Å². The van der Waals surface area contributed by atoms with Crippen LogP contribution in [0.2, 0.25) is 0 Å². The molecule has 0 atom stereocenters. The molecule has 1 saturated heterocycles. The van der Waals surface area contributed by atoms with Gasteiger partial charge in [-0.3, -0.25) is 4.79 Å². The first kappa shape index (κ1) is 16.3. The van der Waals surface area contributed by atoms with Gasteiger partial charge in [0.05, 0.1) is 24.3 Å². The number of rotatable bonds is 5. The van der Waals surface area contributed by atoms with Gasteiger partial charge in [-0.1, -0.05) is 13.8 Å². The zero-order chi connectivity index (χ0) is 15.2. The van der Waals surface area contributed by atoms with E-state index >= 15 is 0 Å². The molecular formula is C16H22BrNO3. The van der Waals surface area contributed by atoms with E-state index in [4.69, 9.17) is 9.47 Å². The van der Waals surface area contributed by atoms with Crippen molar-refractivity contribution in [2.24, 2.45) is 5.92 Å². The minimum Gasteiger partial charge on any atom is -0.492 e. The second kappa shape index (κ2) is 7.80. The van der Waals surface area contributed by atoms with Crippen LogP contribution in [0.3, 0.4) is 0 Å². The van der Waals surface area contributed by atoms with Gasteiger partial charge in [0.25, 0.3) is 5.91 Å². The number of hydrogen-bond donors (Lipinski definition) is 0. The van der Waals surface area contributed by atoms with E-state index < -0.39 is 0 Å². The van der Waals surface area contributed by atoms with E-state index in [2.05, 4.69) is 29.8 Å². The van der Waals surface area contributed by atoms with Gasteiger partial charge >= 0.3 is 0 Å². The summed E-state index contributed by atoms with van der Waals surface area (Å²) in [7, 11) is 0. The predicted octanol–water partition coefficient (Wildman–Crippen LogP) is 3.35. The van der Waals surface area contributed by atoms with Crippen LogP contribution >= 0.6 is 15.9 Å². The van der Waals surface area contributed by atoms with Crippen molar-refractivity contribution in [2.75, 3.05) is 32.9 Å². The quantitative estimate of drug-likeness (QED) is 0.812. The summed E-state index contributed by atoms with van der Waals surface area (Å²) in [4.78, 5) is 14.2. The lowest BCUT2D eigenvalue weighted by Gasteiger charge is -2.27. The molecule has 0 aliphatic carbocycles. The predicted molar refractivity (Wildman–Crippen MR) is 85.8 cm³/mol. The Morgan fingerprint density at radius 2 is 2.10 bits per heavy atom. The van der Waals surface area contributed by atoms with E-state index in [-0.39, 0.29) is 5.91 Å². The number of nitrogens with zero attached hydrogens (tertiary/aromatic N) is 1. The SMILES string of the molecule is CC(C)CCOc1ccc(C(=O)N2CCOCC2)cc1Br. The number of benzene rings is 1. The molecular weight excluding hydrogens is 334 g/mol. The maximum Gasteiger partial charge on any atom is 0.254 e. The molecule has 1 heterocycles. The highest BCUT2D eigenvalue weighted by atomic mass is 79.9. The zero-order valence-corrected chi connectivity index (χ0v) is 14.2. The highest BCUT2D eigenvalue weighted by Crippen LogP contribution is 2.27. The van der Waals surface area contributed by atoms with Gasteiger partial charge in [0.1, 0.15) is 5.75 Å². The topological polar surface area (TPSA) is 38.8 Å². The molecule has 1 aliphatic rings. The molecule has 1 fully saturated rings. The van der Waals surface area contributed by atoms with Gasteiger partial charge in [0, 0.05) is 18.7 Å². The third-order valence-corrected chi connectivity index (χ3v) is 4.05. The minimum atomic E-state index is 0.0488. The largest absolute Gasteiger partial charge is 0.492 e. The van der Waals surface area contributed by atoms with Gasteiger partial charge in [0.15, 0.2) is 0 Å². The molecule has 5 heteroatoms. The summed E-state index contributed by atoms with van der Waals surface area (Å²) >= 11 is 3.49. The average Bonchev–Trinajstić information content (AvgIpc) is 2.48. The molecule has 0 aromatic heterocycles. The van der Waals surface area contributed by atoms with E-state index in [1.807, 2.05) is 23.1 Å². The van der Waals surface area contributed by atoms with Crippen molar-refractivity contribution in [1.82, 2.24) is 4.90 Å². The molecule has 0 radical (unpaired) electrons. The first-order valence-electron chi connectivity index (χ1n) is 7.37. The summed E-state index contributed by atoms with van der Waals surface area (Å²) in [5, 5.41) is 0. The number of carbonyl (C=O) groups is 1. The van der Waals surface area contributed by atoms with Crippen LogP contribution in [-0.2, 0) is 4.74 Å². The third-order valence-electron chi connectivity index (χ3n) is 3.43. The Morgan fingerprint density at radius 3 is 2.71 bits per heavy atom. The van der Waals surface area contributed by atoms with Crippen molar-refractivity contribution < 1.29 is 14.3 Å². The molecule has 2 rings (SSSR count). The van der Waals surface area contributed by atoms with Crippen LogP contribution in [0.15, 0.2) is 22.7 Å². The van der Waals surface area contributed by atoms with Gasteiger partial charge < -0.3 is 14.4 Å². The third kappa shape index (κ3) is 4.71. The number of hydrogen-bond acceptors (Lipinski definition) is 3. The monoisotopic (exact) mass is 355 g/mol. The first-order valence-corrected chi connectivity index (χ1v) is 8.16. The van der Waals surface area contributed by atoms with Crippen LogP contribution in [-0.4, -0.2) is 43.7 Å². The van der Waals surface area contributed by atoms with Gasteiger partial charge in [-0.15, -0.1) is 0 Å². The van der Waals surface area contributed by atoms with Gasteiger partial charge in [0.2, 0.25) is 0 Å². The van der Waals surface area contributed by atoms with Crippen molar-refractivity contribution in [1.29, 1.82) is 0 Å². The summed E-state index contributed by atoms with van der Waals surface area (Å²) in [5.74, 6) is 1.45. The number of halogens is 1. The number of amides is 1. The Hall–Kier alpha value is -1.07. The molecule has 0 N–H and O–H groups in total. The van der Waals surface area contributed by atoms with E-state index in [1.165, 1.54) is 0 Å². The van der Waals surface area contributed by atoms with Crippen LogP contribution in [0.4, 0.5) is 0 Å². The van der Waals surface area contributed by atoms with Gasteiger partial charge in [-0.2, -0.15) is 0 Å². The van der Waals surface area contributed by atoms with Gasteiger partial charge in [-0.25, -0.2) is 0 Å². The molecule has 1 amide bonds. The molecule has 0 saturated carbocycles. The van der Waals surface area contributed by atoms with Crippen molar-refractivity contribution in [3.8, 4) is 5.75 Å². The number of morpholine rings is 1. The summed E-state index contributed by atoms with van der Waals surface area (Å²) in [5.41, 5.74) is 0.681. The first-order chi connectivity index (χ1) is 10.1. The molecule has 0 spiro atoms. The van der Waals surface area contributed by atoms with Crippen molar-refractivity contribution in [3.05, 3.63) is 28.2 Å². The molecule has 1 aromatic carbocycles. The van der Waals surface area contributed by atoms with Crippen LogP contribution in [0.5, 0.6) is 5.75 Å². The maximum atomic E-state index is 12.4. The molecule has 0 unspecified atom stereocenters. The standard InChI is InChI=1S/C16H22BrNO3/c1-12(2)5-8-21-15-4-3-13(11-14(15)17)16(19)18-6-9-20-10-7-18/h3-4,11-12H,5-10H2,1-2H3. The fourth-order valence-corrected chi connectivity index (χ4v) is 2.60. The fourth-order valence-electron chi connectivity index (χ4n) is 2.10. The molecule has 116 valence electrons. The Kier molecular flexibility index (Phi) is 6.06. The second-order valence-corrected chi connectivity index (χ2v) is 6.44. The fraction of sp³-hybridized carbons (Fsp3) is 0.562. The van der Waals surface area contributed by atoms with E-state index in [1.54, 1.807) is 0 Å². The molecule has 4 nitrogen and oxygen atoms in total. The second-order valence-electron chi connectivity index (χ2n) is 5.58. The Labute approximate surface area is 134 Å². The Balaban J connectivity index is 1.99. The van der Waals surface area contributed by atoms with Crippen LogP contribution in [0, 0.1) is 5.92 Å². The maximum absolute atomic E-state index is 12.4. The molecule has 0 bridgehead atoms. The van der Waals surface area contributed by atoms with Crippen molar-refractivity contribution >= 4 is 21.8 Å². The average molecular weight is 356 g/mol. The lowest BCUT2D eigenvalue weighted by molar-refractivity contribution is 0.0303. The molecule has 1 aromatic rings. The summed E-state index contributed by atoms with van der Waals surface area (Å²) < 4.78 is 11.8. The highest BCUT2D eigenvalue weighted by molar-refractivity contribution is 9.10. The summed E-state index contributed by atoms with van der Waals surface area (Å²) in [6.07, 6.45) is 1.01. The van der Waals surface area contributed by atoms with E-state index in [0.717, 1.165) is 16.6 Å². The van der Waals surface area contributed by atoms with Crippen LogP contribution < -0.4 is 4.74 Å². The van der Waals surface area contributed by atoms with Crippen LogP contribution in [0.25, 0.3) is 0 Å². The minimum absolute atomic E-state index is 0.0488. The van der Waals surface area contributed by atoms with Gasteiger partial charge in [-0.05, 0) is 46.5 Å². The number of carbonyl (C=O) groups excluding carboxylic acids is 1. The van der Waals surface area contributed by atoms with Crippen molar-refractivity contribution in [3.63, 3.8) is 0 Å². The summed E-state index contributed by atoms with van der Waals surface area (Å²) in [6, 6.07) is 5.52. The number of ether oxygens (including phenoxy) is 2. The molecule has 21 heavy (non-hydrogen) atoms. The van der Waals surface area contributed by atoms with Crippen LogP contribution in [0.1, 0.15) is 30.6 Å². The lowest BCUT2D eigenvalue weighted by atomic mass is 10.1. The van der Waals surface area contributed by atoms with Crippen molar-refractivity contribution in [2.45, 2.75) is 20.3 Å². The smallest absolute Gasteiger partial charge is 0.254 e.